The predicted octanol–water partition coefficient (Wildman–Crippen LogP) is 3.74. The van der Waals surface area contributed by atoms with Gasteiger partial charge in [-0.15, -0.1) is 0 Å². The molecule has 2 aliphatic rings. The van der Waals surface area contributed by atoms with Gasteiger partial charge >= 0.3 is 0 Å². The summed E-state index contributed by atoms with van der Waals surface area (Å²) in [6.45, 7) is 6.76. The quantitative estimate of drug-likeness (QED) is 0.841. The SMILES string of the molecule is Cc1cc2c(o1)CC(C)(C)CC2NC1CCC1. The van der Waals surface area contributed by atoms with Gasteiger partial charge in [0, 0.05) is 24.1 Å². The molecule has 0 bridgehead atoms. The lowest BCUT2D eigenvalue weighted by atomic mass is 9.74. The summed E-state index contributed by atoms with van der Waals surface area (Å²) in [5.74, 6) is 2.28. The lowest BCUT2D eigenvalue weighted by molar-refractivity contribution is 0.204. The Balaban J connectivity index is 1.86. The monoisotopic (exact) mass is 233 g/mol. The molecule has 1 fully saturated rings. The maximum Gasteiger partial charge on any atom is 0.109 e. The van der Waals surface area contributed by atoms with Crippen LogP contribution in [0.5, 0.6) is 0 Å². The fraction of sp³-hybridized carbons (Fsp3) is 0.733. The molecule has 17 heavy (non-hydrogen) atoms. The molecule has 1 aromatic rings. The summed E-state index contributed by atoms with van der Waals surface area (Å²) in [5, 5.41) is 3.82. The Hall–Kier alpha value is -0.760. The van der Waals surface area contributed by atoms with Crippen LogP contribution in [0.4, 0.5) is 0 Å². The normalized spacial score (nSPS) is 27.6. The molecule has 0 amide bonds. The van der Waals surface area contributed by atoms with E-state index in [1.54, 1.807) is 0 Å². The topological polar surface area (TPSA) is 25.2 Å². The van der Waals surface area contributed by atoms with Crippen molar-refractivity contribution in [1.82, 2.24) is 5.32 Å². The minimum Gasteiger partial charge on any atom is -0.466 e. The zero-order chi connectivity index (χ0) is 12.0. The Morgan fingerprint density at radius 1 is 1.35 bits per heavy atom. The lowest BCUT2D eigenvalue weighted by Gasteiger charge is -2.39. The van der Waals surface area contributed by atoms with Gasteiger partial charge in [0.15, 0.2) is 0 Å². The van der Waals surface area contributed by atoms with Crippen LogP contribution in [0, 0.1) is 12.3 Å². The van der Waals surface area contributed by atoms with E-state index in [9.17, 15) is 0 Å². The molecule has 0 aromatic carbocycles. The molecule has 1 atom stereocenters. The van der Waals surface area contributed by atoms with Crippen LogP contribution in [0.2, 0.25) is 0 Å². The number of furan rings is 1. The predicted molar refractivity (Wildman–Crippen MR) is 69.1 cm³/mol. The molecule has 1 N–H and O–H groups in total. The van der Waals surface area contributed by atoms with Crippen LogP contribution >= 0.6 is 0 Å². The minimum atomic E-state index is 0.360. The first-order chi connectivity index (χ1) is 8.03. The molecule has 0 saturated heterocycles. The van der Waals surface area contributed by atoms with Gasteiger partial charge in [-0.1, -0.05) is 20.3 Å². The highest BCUT2D eigenvalue weighted by atomic mass is 16.3. The summed E-state index contributed by atoms with van der Waals surface area (Å²) < 4.78 is 5.87. The van der Waals surface area contributed by atoms with Crippen LogP contribution in [0.3, 0.4) is 0 Å². The third-order valence-electron chi connectivity index (χ3n) is 4.28. The van der Waals surface area contributed by atoms with Crippen molar-refractivity contribution >= 4 is 0 Å². The van der Waals surface area contributed by atoms with Crippen LogP contribution in [-0.2, 0) is 6.42 Å². The van der Waals surface area contributed by atoms with Crippen molar-refractivity contribution in [2.24, 2.45) is 5.41 Å². The molecule has 1 aromatic heterocycles. The van der Waals surface area contributed by atoms with Crippen LogP contribution in [0.25, 0.3) is 0 Å². The summed E-state index contributed by atoms with van der Waals surface area (Å²) in [4.78, 5) is 0. The van der Waals surface area contributed by atoms with E-state index in [2.05, 4.69) is 32.2 Å². The fourth-order valence-electron chi connectivity index (χ4n) is 3.19. The maximum absolute atomic E-state index is 5.87. The lowest BCUT2D eigenvalue weighted by Crippen LogP contribution is -2.41. The molecule has 0 radical (unpaired) electrons. The highest BCUT2D eigenvalue weighted by Gasteiger charge is 2.36. The number of aryl methyl sites for hydroxylation is 1. The molecule has 1 unspecified atom stereocenters. The van der Waals surface area contributed by atoms with Crippen LogP contribution < -0.4 is 5.32 Å². The average Bonchev–Trinajstić information content (AvgIpc) is 2.49. The number of fused-ring (bicyclic) bond motifs is 1. The number of rotatable bonds is 2. The Morgan fingerprint density at radius 2 is 2.12 bits per heavy atom. The number of hydrogen-bond acceptors (Lipinski definition) is 2. The average molecular weight is 233 g/mol. The van der Waals surface area contributed by atoms with E-state index in [-0.39, 0.29) is 0 Å². The summed E-state index contributed by atoms with van der Waals surface area (Å²) in [7, 11) is 0. The second kappa shape index (κ2) is 3.88. The molecular weight excluding hydrogens is 210 g/mol. The van der Waals surface area contributed by atoms with Crippen molar-refractivity contribution in [3.8, 4) is 0 Å². The number of hydrogen-bond donors (Lipinski definition) is 1. The van der Waals surface area contributed by atoms with Crippen molar-refractivity contribution in [2.45, 2.75) is 65.0 Å². The summed E-state index contributed by atoms with van der Waals surface area (Å²) in [6, 6.07) is 3.49. The van der Waals surface area contributed by atoms with Crippen molar-refractivity contribution in [2.75, 3.05) is 0 Å². The molecule has 94 valence electrons. The molecular formula is C15H23NO. The standard InChI is InChI=1S/C15H23NO/c1-10-7-12-13(16-11-5-4-6-11)8-15(2,3)9-14(12)17-10/h7,11,13,16H,4-6,8-9H2,1-3H3. The fourth-order valence-corrected chi connectivity index (χ4v) is 3.19. The highest BCUT2D eigenvalue weighted by Crippen LogP contribution is 2.42. The molecule has 3 rings (SSSR count). The molecule has 2 nitrogen and oxygen atoms in total. The van der Waals surface area contributed by atoms with Gasteiger partial charge < -0.3 is 9.73 Å². The van der Waals surface area contributed by atoms with Gasteiger partial charge in [-0.25, -0.2) is 0 Å². The van der Waals surface area contributed by atoms with E-state index in [1.165, 1.54) is 37.0 Å². The van der Waals surface area contributed by atoms with Gasteiger partial charge in [0.1, 0.15) is 11.5 Å². The van der Waals surface area contributed by atoms with Crippen LogP contribution in [0.15, 0.2) is 10.5 Å². The Kier molecular flexibility index (Phi) is 2.58. The Bertz CT molecular complexity index is 415. The molecule has 1 saturated carbocycles. The van der Waals surface area contributed by atoms with Gasteiger partial charge in [0.2, 0.25) is 0 Å². The Labute approximate surface area is 104 Å². The molecule has 2 aliphatic carbocycles. The maximum atomic E-state index is 5.87. The first-order valence-corrected chi connectivity index (χ1v) is 6.89. The van der Waals surface area contributed by atoms with Crippen LogP contribution in [-0.4, -0.2) is 6.04 Å². The van der Waals surface area contributed by atoms with Crippen molar-refractivity contribution < 1.29 is 4.42 Å². The first-order valence-electron chi connectivity index (χ1n) is 6.89. The second-order valence-corrected chi connectivity index (χ2v) is 6.63. The number of nitrogens with one attached hydrogen (secondary N) is 1. The van der Waals surface area contributed by atoms with Crippen molar-refractivity contribution in [1.29, 1.82) is 0 Å². The molecule has 0 spiro atoms. The molecule has 1 heterocycles. The largest absolute Gasteiger partial charge is 0.466 e. The molecule has 2 heteroatoms. The van der Waals surface area contributed by atoms with E-state index >= 15 is 0 Å². The van der Waals surface area contributed by atoms with E-state index in [4.69, 9.17) is 4.42 Å². The second-order valence-electron chi connectivity index (χ2n) is 6.63. The van der Waals surface area contributed by atoms with E-state index in [1.807, 2.05) is 0 Å². The third kappa shape index (κ3) is 2.15. The van der Waals surface area contributed by atoms with Gasteiger partial charge in [0.25, 0.3) is 0 Å². The zero-order valence-corrected chi connectivity index (χ0v) is 11.2. The summed E-state index contributed by atoms with van der Waals surface area (Å²) >= 11 is 0. The van der Waals surface area contributed by atoms with Gasteiger partial charge in [-0.3, -0.25) is 0 Å². The van der Waals surface area contributed by atoms with Gasteiger partial charge in [0.05, 0.1) is 0 Å². The summed E-state index contributed by atoms with van der Waals surface area (Å²) in [5.41, 5.74) is 1.78. The minimum absolute atomic E-state index is 0.360. The van der Waals surface area contributed by atoms with Gasteiger partial charge in [-0.2, -0.15) is 0 Å². The highest BCUT2D eigenvalue weighted by molar-refractivity contribution is 5.29. The van der Waals surface area contributed by atoms with Crippen molar-refractivity contribution in [3.05, 3.63) is 23.2 Å². The smallest absolute Gasteiger partial charge is 0.109 e. The zero-order valence-electron chi connectivity index (χ0n) is 11.2. The molecule has 0 aliphatic heterocycles. The Morgan fingerprint density at radius 3 is 2.76 bits per heavy atom. The van der Waals surface area contributed by atoms with E-state index < -0.39 is 0 Å². The summed E-state index contributed by atoms with van der Waals surface area (Å²) in [6.07, 6.45) is 6.41. The van der Waals surface area contributed by atoms with E-state index in [0.29, 0.717) is 11.5 Å². The first kappa shape index (κ1) is 11.3. The van der Waals surface area contributed by atoms with E-state index in [0.717, 1.165) is 18.2 Å². The third-order valence-corrected chi connectivity index (χ3v) is 4.28. The van der Waals surface area contributed by atoms with Crippen molar-refractivity contribution in [3.63, 3.8) is 0 Å². The van der Waals surface area contributed by atoms with Crippen LogP contribution in [0.1, 0.15) is 62.7 Å². The van der Waals surface area contributed by atoms with Gasteiger partial charge in [-0.05, 0) is 37.7 Å².